The number of thiophene rings is 1. The van der Waals surface area contributed by atoms with Gasteiger partial charge in [-0.25, -0.2) is 0 Å². The molecule has 2 amide bonds. The quantitative estimate of drug-likeness (QED) is 0.858. The van der Waals surface area contributed by atoms with Crippen molar-refractivity contribution in [1.29, 1.82) is 0 Å². The van der Waals surface area contributed by atoms with Gasteiger partial charge in [0.2, 0.25) is 5.91 Å². The molecular weight excluding hydrogens is 304 g/mol. The van der Waals surface area contributed by atoms with Crippen LogP contribution in [0, 0.1) is 6.92 Å². The number of nitrogens with one attached hydrogen (secondary N) is 1. The summed E-state index contributed by atoms with van der Waals surface area (Å²) >= 11 is 4.82. The van der Waals surface area contributed by atoms with Gasteiger partial charge in [-0.05, 0) is 40.9 Å². The van der Waals surface area contributed by atoms with Crippen LogP contribution in [0.4, 0.5) is 0 Å². The Bertz CT molecular complexity index is 439. The normalized spacial score (nSPS) is 16.6. The summed E-state index contributed by atoms with van der Waals surface area (Å²) in [5.74, 6) is -0.135. The van der Waals surface area contributed by atoms with Crippen molar-refractivity contribution < 1.29 is 9.59 Å². The SMILES string of the molecule is Cc1cc(C(=O)N2CCCNC(=O)C2)sc1Br. The third-order valence-electron chi connectivity index (χ3n) is 2.62. The molecule has 0 atom stereocenters. The van der Waals surface area contributed by atoms with E-state index in [0.29, 0.717) is 18.0 Å². The lowest BCUT2D eigenvalue weighted by molar-refractivity contribution is -0.121. The number of halogens is 1. The molecule has 1 N–H and O–H groups in total. The van der Waals surface area contributed by atoms with Crippen LogP contribution in [0.1, 0.15) is 21.7 Å². The van der Waals surface area contributed by atoms with Gasteiger partial charge in [-0.2, -0.15) is 0 Å². The van der Waals surface area contributed by atoms with E-state index in [2.05, 4.69) is 21.2 Å². The molecule has 0 aliphatic carbocycles. The van der Waals surface area contributed by atoms with E-state index >= 15 is 0 Å². The van der Waals surface area contributed by atoms with Gasteiger partial charge in [-0.1, -0.05) is 0 Å². The molecule has 6 heteroatoms. The van der Waals surface area contributed by atoms with Gasteiger partial charge in [0, 0.05) is 13.1 Å². The van der Waals surface area contributed by atoms with Crippen molar-refractivity contribution >= 4 is 39.1 Å². The fourth-order valence-corrected chi connectivity index (χ4v) is 3.20. The van der Waals surface area contributed by atoms with Crippen molar-refractivity contribution in [2.75, 3.05) is 19.6 Å². The van der Waals surface area contributed by atoms with Crippen LogP contribution in [0.2, 0.25) is 0 Å². The van der Waals surface area contributed by atoms with E-state index in [9.17, 15) is 9.59 Å². The van der Waals surface area contributed by atoms with Gasteiger partial charge in [0.15, 0.2) is 0 Å². The molecular formula is C11H13BrN2O2S. The second-order valence-corrected chi connectivity index (χ2v) is 6.37. The molecule has 0 saturated carbocycles. The van der Waals surface area contributed by atoms with Gasteiger partial charge in [0.1, 0.15) is 0 Å². The Hall–Kier alpha value is -0.880. The van der Waals surface area contributed by atoms with Crippen LogP contribution >= 0.6 is 27.3 Å². The molecule has 1 aromatic rings. The van der Waals surface area contributed by atoms with Crippen LogP contribution < -0.4 is 5.32 Å². The van der Waals surface area contributed by atoms with Gasteiger partial charge < -0.3 is 10.2 Å². The summed E-state index contributed by atoms with van der Waals surface area (Å²) in [7, 11) is 0. The summed E-state index contributed by atoms with van der Waals surface area (Å²) in [5.41, 5.74) is 1.05. The van der Waals surface area contributed by atoms with Crippen LogP contribution in [0.25, 0.3) is 0 Å². The molecule has 4 nitrogen and oxygen atoms in total. The zero-order valence-electron chi connectivity index (χ0n) is 9.46. The monoisotopic (exact) mass is 316 g/mol. The Labute approximate surface area is 112 Å². The van der Waals surface area contributed by atoms with Crippen LogP contribution in [-0.2, 0) is 4.79 Å². The van der Waals surface area contributed by atoms with Crippen molar-refractivity contribution in [3.05, 3.63) is 20.3 Å². The third-order valence-corrected chi connectivity index (χ3v) is 4.74. The standard InChI is InChI=1S/C11H13BrN2O2S/c1-7-5-8(17-10(7)12)11(16)14-4-2-3-13-9(15)6-14/h5H,2-4,6H2,1H3,(H,13,15). The van der Waals surface area contributed by atoms with E-state index in [1.165, 1.54) is 11.3 Å². The van der Waals surface area contributed by atoms with E-state index in [1.54, 1.807) is 4.90 Å². The maximum atomic E-state index is 12.2. The zero-order chi connectivity index (χ0) is 12.4. The van der Waals surface area contributed by atoms with Crippen LogP contribution in [-0.4, -0.2) is 36.3 Å². The summed E-state index contributed by atoms with van der Waals surface area (Å²) in [6.45, 7) is 3.39. The summed E-state index contributed by atoms with van der Waals surface area (Å²) in [6, 6.07) is 1.86. The fraction of sp³-hybridized carbons (Fsp3) is 0.455. The van der Waals surface area contributed by atoms with Gasteiger partial charge in [0.05, 0.1) is 15.2 Å². The van der Waals surface area contributed by atoms with Gasteiger partial charge in [-0.15, -0.1) is 11.3 Å². The topological polar surface area (TPSA) is 49.4 Å². The van der Waals surface area contributed by atoms with Crippen molar-refractivity contribution in [2.24, 2.45) is 0 Å². The highest BCUT2D eigenvalue weighted by Gasteiger charge is 2.22. The Morgan fingerprint density at radius 3 is 3.00 bits per heavy atom. The highest BCUT2D eigenvalue weighted by Crippen LogP contribution is 2.28. The molecule has 0 spiro atoms. The summed E-state index contributed by atoms with van der Waals surface area (Å²) in [5, 5.41) is 2.76. The number of aryl methyl sites for hydroxylation is 1. The van der Waals surface area contributed by atoms with Gasteiger partial charge >= 0.3 is 0 Å². The minimum absolute atomic E-state index is 0.0548. The Morgan fingerprint density at radius 1 is 1.59 bits per heavy atom. The van der Waals surface area contributed by atoms with Crippen molar-refractivity contribution in [3.8, 4) is 0 Å². The van der Waals surface area contributed by atoms with Gasteiger partial charge in [-0.3, -0.25) is 9.59 Å². The Morgan fingerprint density at radius 2 is 2.35 bits per heavy atom. The van der Waals surface area contributed by atoms with Crippen molar-refractivity contribution in [1.82, 2.24) is 10.2 Å². The predicted octanol–water partition coefficient (Wildman–Crippen LogP) is 1.78. The van der Waals surface area contributed by atoms with Crippen molar-refractivity contribution in [2.45, 2.75) is 13.3 Å². The average molecular weight is 317 g/mol. The molecule has 0 radical (unpaired) electrons. The Balaban J connectivity index is 2.15. The van der Waals surface area contributed by atoms with E-state index in [-0.39, 0.29) is 18.4 Å². The molecule has 0 bridgehead atoms. The number of amides is 2. The first-order valence-electron chi connectivity index (χ1n) is 5.40. The zero-order valence-corrected chi connectivity index (χ0v) is 11.9. The number of carbonyl (C=O) groups excluding carboxylic acids is 2. The smallest absolute Gasteiger partial charge is 0.264 e. The van der Waals surface area contributed by atoms with E-state index in [0.717, 1.165) is 15.8 Å². The number of rotatable bonds is 1. The molecule has 1 aliphatic rings. The number of hydrogen-bond donors (Lipinski definition) is 1. The number of hydrogen-bond acceptors (Lipinski definition) is 3. The highest BCUT2D eigenvalue weighted by molar-refractivity contribution is 9.11. The van der Waals surface area contributed by atoms with Crippen LogP contribution in [0.5, 0.6) is 0 Å². The van der Waals surface area contributed by atoms with E-state index in [1.807, 2.05) is 13.0 Å². The summed E-state index contributed by atoms with van der Waals surface area (Å²) < 4.78 is 0.972. The summed E-state index contributed by atoms with van der Waals surface area (Å²) in [6.07, 6.45) is 0.809. The van der Waals surface area contributed by atoms with Crippen molar-refractivity contribution in [3.63, 3.8) is 0 Å². The second kappa shape index (κ2) is 5.18. The maximum absolute atomic E-state index is 12.2. The molecule has 17 heavy (non-hydrogen) atoms. The fourth-order valence-electron chi connectivity index (χ4n) is 1.70. The first-order valence-corrected chi connectivity index (χ1v) is 7.01. The largest absolute Gasteiger partial charge is 0.354 e. The molecule has 1 aromatic heterocycles. The molecule has 0 unspecified atom stereocenters. The van der Waals surface area contributed by atoms with Crippen LogP contribution in [0.3, 0.4) is 0 Å². The lowest BCUT2D eigenvalue weighted by Crippen LogP contribution is -2.37. The number of carbonyl (C=O) groups is 2. The van der Waals surface area contributed by atoms with Crippen LogP contribution in [0.15, 0.2) is 9.85 Å². The molecule has 2 heterocycles. The average Bonchev–Trinajstić information content (AvgIpc) is 2.51. The highest BCUT2D eigenvalue weighted by atomic mass is 79.9. The molecule has 1 fully saturated rings. The van der Waals surface area contributed by atoms with E-state index in [4.69, 9.17) is 0 Å². The molecule has 2 rings (SSSR count). The first kappa shape index (κ1) is 12.6. The third kappa shape index (κ3) is 2.87. The summed E-state index contributed by atoms with van der Waals surface area (Å²) in [4.78, 5) is 25.9. The van der Waals surface area contributed by atoms with E-state index < -0.39 is 0 Å². The van der Waals surface area contributed by atoms with Gasteiger partial charge in [0.25, 0.3) is 5.91 Å². The molecule has 92 valence electrons. The number of nitrogens with zero attached hydrogens (tertiary/aromatic N) is 1. The molecule has 1 aliphatic heterocycles. The lowest BCUT2D eigenvalue weighted by Gasteiger charge is -2.17. The minimum Gasteiger partial charge on any atom is -0.354 e. The maximum Gasteiger partial charge on any atom is 0.264 e. The Kier molecular flexibility index (Phi) is 3.83. The molecule has 1 saturated heterocycles. The first-order chi connectivity index (χ1) is 8.08. The second-order valence-electron chi connectivity index (χ2n) is 4.00. The minimum atomic E-state index is -0.0804. The predicted molar refractivity (Wildman–Crippen MR) is 70.3 cm³/mol. The lowest BCUT2D eigenvalue weighted by atomic mass is 10.3. The molecule has 0 aromatic carbocycles.